The number of hydrogen-bond donors (Lipinski definition) is 1. The molecule has 2 aromatic rings. The second kappa shape index (κ2) is 9.04. The quantitative estimate of drug-likeness (QED) is 0.482. The normalized spacial score (nSPS) is 15.7. The minimum absolute atomic E-state index is 0.0359. The maximum Gasteiger partial charge on any atom is 0.264 e. The Labute approximate surface area is 187 Å². The average molecular weight is 459 g/mol. The molecule has 0 spiro atoms. The van der Waals surface area contributed by atoms with E-state index in [4.69, 9.17) is 9.47 Å². The van der Waals surface area contributed by atoms with Gasteiger partial charge >= 0.3 is 0 Å². The number of methoxy groups -OCH3 is 1. The zero-order valence-electron chi connectivity index (χ0n) is 18.5. The summed E-state index contributed by atoms with van der Waals surface area (Å²) in [5.41, 5.74) is 1.11. The minimum atomic E-state index is -2.60. The highest BCUT2D eigenvalue weighted by Crippen LogP contribution is 2.38. The number of fused-ring (bicyclic) bond motifs is 1. The van der Waals surface area contributed by atoms with Gasteiger partial charge in [-0.2, -0.15) is 0 Å². The summed E-state index contributed by atoms with van der Waals surface area (Å²) in [6, 6.07) is 8.90. The number of carbonyl (C=O) groups excluding carboxylic acids is 3. The third kappa shape index (κ3) is 4.62. The first-order valence-corrected chi connectivity index (χ1v) is 12.3. The van der Waals surface area contributed by atoms with Crippen LogP contribution in [0.15, 0.2) is 36.4 Å². The van der Waals surface area contributed by atoms with Gasteiger partial charge in [0.25, 0.3) is 11.8 Å². The molecule has 8 nitrogen and oxygen atoms in total. The molecule has 2 aromatic carbocycles. The lowest BCUT2D eigenvalue weighted by Crippen LogP contribution is -2.37. The summed E-state index contributed by atoms with van der Waals surface area (Å²) in [5, 5.41) is 2.60. The fourth-order valence-electron chi connectivity index (χ4n) is 3.70. The van der Waals surface area contributed by atoms with Crippen molar-refractivity contribution in [2.45, 2.75) is 19.9 Å². The molecule has 0 bridgehead atoms. The molecule has 0 aliphatic carbocycles. The molecule has 1 N–H and O–H groups in total. The van der Waals surface area contributed by atoms with E-state index in [0.717, 1.165) is 4.90 Å². The smallest absolute Gasteiger partial charge is 0.264 e. The van der Waals surface area contributed by atoms with Crippen molar-refractivity contribution < 1.29 is 28.1 Å². The average Bonchev–Trinajstić information content (AvgIpc) is 2.96. The van der Waals surface area contributed by atoms with Crippen LogP contribution in [-0.4, -0.2) is 58.4 Å². The number of rotatable bonds is 8. The maximum atomic E-state index is 13.4. The van der Waals surface area contributed by atoms with Gasteiger partial charge in [-0.15, -0.1) is 0 Å². The molecule has 170 valence electrons. The Hall–Kier alpha value is -3.33. The van der Waals surface area contributed by atoms with Gasteiger partial charge in [0.15, 0.2) is 11.5 Å². The molecule has 0 radical (unpaired) electrons. The number of ether oxygens (including phenoxy) is 2. The SMILES string of the molecule is C=S(C)(=O)C[C@H](c1ccc(OC)c(OCC)c1)N1C(=O)c2cccc(NC(C)=O)c2C1=O. The van der Waals surface area contributed by atoms with Crippen LogP contribution >= 0.6 is 0 Å². The largest absolute Gasteiger partial charge is 0.493 e. The molecule has 0 saturated carbocycles. The second-order valence-corrected chi connectivity index (χ2v) is 10.3. The standard InChI is InChI=1S/C23H26N2O6S/c1-6-31-20-12-15(10-11-19(20)30-3)18(13-32(4,5)29)25-22(27)16-8-7-9-17(24-14(2)26)21(16)23(25)28/h7-12,18H,4,6,13H2,1-3,5H3,(H,24,26)/t18-,32?/m1/s1. The zero-order chi connectivity index (χ0) is 23.6. The Balaban J connectivity index is 2.13. The molecule has 32 heavy (non-hydrogen) atoms. The lowest BCUT2D eigenvalue weighted by Gasteiger charge is -2.28. The number of imide groups is 1. The molecule has 1 aliphatic heterocycles. The van der Waals surface area contributed by atoms with Crippen LogP contribution in [0, 0.1) is 0 Å². The van der Waals surface area contributed by atoms with Crippen molar-refractivity contribution >= 4 is 38.8 Å². The Morgan fingerprint density at radius 3 is 2.50 bits per heavy atom. The van der Waals surface area contributed by atoms with Gasteiger partial charge in [-0.05, 0) is 52.1 Å². The second-order valence-electron chi connectivity index (χ2n) is 7.60. The summed E-state index contributed by atoms with van der Waals surface area (Å²) in [7, 11) is -1.09. The van der Waals surface area contributed by atoms with Gasteiger partial charge in [0.2, 0.25) is 5.91 Å². The summed E-state index contributed by atoms with van der Waals surface area (Å²) in [4.78, 5) is 39.4. The minimum Gasteiger partial charge on any atom is -0.493 e. The monoisotopic (exact) mass is 458 g/mol. The van der Waals surface area contributed by atoms with E-state index in [-0.39, 0.29) is 28.5 Å². The maximum absolute atomic E-state index is 13.4. The van der Waals surface area contributed by atoms with Crippen LogP contribution in [0.4, 0.5) is 5.69 Å². The van der Waals surface area contributed by atoms with E-state index >= 15 is 0 Å². The molecule has 0 aromatic heterocycles. The first-order chi connectivity index (χ1) is 15.1. The van der Waals surface area contributed by atoms with Crippen molar-refractivity contribution in [2.75, 3.05) is 31.0 Å². The number of amides is 3. The van der Waals surface area contributed by atoms with Crippen molar-refractivity contribution in [3.63, 3.8) is 0 Å². The Kier molecular flexibility index (Phi) is 6.59. The van der Waals surface area contributed by atoms with Crippen LogP contribution in [-0.2, 0) is 14.3 Å². The fraction of sp³-hybridized carbons (Fsp3) is 0.304. The Morgan fingerprint density at radius 1 is 1.19 bits per heavy atom. The van der Waals surface area contributed by atoms with E-state index in [0.29, 0.717) is 23.7 Å². The molecule has 9 heteroatoms. The van der Waals surface area contributed by atoms with Crippen molar-refractivity contribution in [1.82, 2.24) is 4.90 Å². The summed E-state index contributed by atoms with van der Waals surface area (Å²) < 4.78 is 23.7. The van der Waals surface area contributed by atoms with E-state index in [1.54, 1.807) is 30.3 Å². The number of hydrogen-bond acceptors (Lipinski definition) is 6. The number of nitrogens with one attached hydrogen (secondary N) is 1. The van der Waals surface area contributed by atoms with Gasteiger partial charge in [0.1, 0.15) is 0 Å². The zero-order valence-corrected chi connectivity index (χ0v) is 19.3. The van der Waals surface area contributed by atoms with E-state index < -0.39 is 27.4 Å². The lowest BCUT2D eigenvalue weighted by molar-refractivity contribution is -0.114. The van der Waals surface area contributed by atoms with Gasteiger partial charge in [-0.25, -0.2) is 0 Å². The van der Waals surface area contributed by atoms with Gasteiger partial charge in [0.05, 0.1) is 36.6 Å². The molecule has 0 fully saturated rings. The molecule has 3 rings (SSSR count). The van der Waals surface area contributed by atoms with Crippen LogP contribution in [0.5, 0.6) is 11.5 Å². The third-order valence-electron chi connectivity index (χ3n) is 4.95. The molecule has 1 aliphatic rings. The van der Waals surface area contributed by atoms with E-state index in [9.17, 15) is 18.6 Å². The van der Waals surface area contributed by atoms with Crippen LogP contribution in [0.25, 0.3) is 0 Å². The van der Waals surface area contributed by atoms with Crippen LogP contribution < -0.4 is 14.8 Å². The molecule has 2 atom stereocenters. The van der Waals surface area contributed by atoms with Gasteiger partial charge in [-0.1, -0.05) is 12.1 Å². The summed E-state index contributed by atoms with van der Waals surface area (Å²) in [6.07, 6.45) is 1.48. The third-order valence-corrected chi connectivity index (χ3v) is 5.97. The Bertz CT molecular complexity index is 1190. The number of benzene rings is 2. The van der Waals surface area contributed by atoms with Gasteiger partial charge in [-0.3, -0.25) is 23.5 Å². The summed E-state index contributed by atoms with van der Waals surface area (Å²) in [5.74, 6) is 3.16. The van der Waals surface area contributed by atoms with Crippen molar-refractivity contribution in [3.05, 3.63) is 53.1 Å². The summed E-state index contributed by atoms with van der Waals surface area (Å²) >= 11 is 0. The molecule has 0 saturated heterocycles. The number of carbonyl (C=O) groups is 3. The van der Waals surface area contributed by atoms with Crippen molar-refractivity contribution in [1.29, 1.82) is 0 Å². The van der Waals surface area contributed by atoms with Crippen LogP contribution in [0.3, 0.4) is 0 Å². The first kappa shape index (κ1) is 23.3. The van der Waals surface area contributed by atoms with Crippen molar-refractivity contribution in [2.24, 2.45) is 0 Å². The molecular formula is C23H26N2O6S. The predicted octanol–water partition coefficient (Wildman–Crippen LogP) is 2.74. The lowest BCUT2D eigenvalue weighted by atomic mass is 10.1. The number of nitrogens with zero attached hydrogens (tertiary/aromatic N) is 1. The van der Waals surface area contributed by atoms with Crippen molar-refractivity contribution in [3.8, 4) is 11.5 Å². The van der Waals surface area contributed by atoms with Crippen LogP contribution in [0.1, 0.15) is 46.2 Å². The molecule has 1 heterocycles. The first-order valence-electron chi connectivity index (χ1n) is 9.96. The number of anilines is 1. The predicted molar refractivity (Wildman–Crippen MR) is 124 cm³/mol. The van der Waals surface area contributed by atoms with Crippen LogP contribution in [0.2, 0.25) is 0 Å². The highest BCUT2D eigenvalue weighted by atomic mass is 32.2. The summed E-state index contributed by atoms with van der Waals surface area (Å²) in [6.45, 7) is 3.53. The molecule has 3 amide bonds. The topological polar surface area (TPSA) is 102 Å². The fourth-order valence-corrected chi connectivity index (χ4v) is 4.71. The molecule has 1 unspecified atom stereocenters. The van der Waals surface area contributed by atoms with E-state index in [1.807, 2.05) is 6.92 Å². The van der Waals surface area contributed by atoms with Gasteiger partial charge < -0.3 is 14.8 Å². The van der Waals surface area contributed by atoms with Gasteiger partial charge in [0, 0.05) is 18.9 Å². The Morgan fingerprint density at radius 2 is 1.91 bits per heavy atom. The highest BCUT2D eigenvalue weighted by Gasteiger charge is 2.42. The van der Waals surface area contributed by atoms with E-state index in [2.05, 4.69) is 11.2 Å². The molecular weight excluding hydrogens is 432 g/mol. The highest BCUT2D eigenvalue weighted by molar-refractivity contribution is 7.99. The van der Waals surface area contributed by atoms with E-state index in [1.165, 1.54) is 26.4 Å².